The highest BCUT2D eigenvalue weighted by molar-refractivity contribution is 7.98. The molecule has 9 heteroatoms. The summed E-state index contributed by atoms with van der Waals surface area (Å²) >= 11 is 2.71. The average molecular weight is 347 g/mol. The van der Waals surface area contributed by atoms with Gasteiger partial charge < -0.3 is 4.42 Å². The van der Waals surface area contributed by atoms with Gasteiger partial charge in [0.2, 0.25) is 5.89 Å². The Morgan fingerprint density at radius 2 is 2.04 bits per heavy atom. The second-order valence-electron chi connectivity index (χ2n) is 4.67. The van der Waals surface area contributed by atoms with Gasteiger partial charge in [0.05, 0.1) is 12.1 Å². The molecule has 0 bridgehead atoms. The Balaban J connectivity index is 1.65. The third-order valence-electron chi connectivity index (χ3n) is 3.06. The molecule has 2 aromatic heterocycles. The summed E-state index contributed by atoms with van der Waals surface area (Å²) < 4.78 is 9.18. The van der Waals surface area contributed by atoms with Gasteiger partial charge >= 0.3 is 6.01 Å². The first-order valence-corrected chi connectivity index (χ1v) is 8.71. The van der Waals surface area contributed by atoms with Crippen LogP contribution in [-0.4, -0.2) is 31.9 Å². The summed E-state index contributed by atoms with van der Waals surface area (Å²) in [4.78, 5) is 13.6. The SMILES string of the molecule is CSc1ccc(Cc2nnc(NC(=O)c3snnc3C)o2)cc1. The van der Waals surface area contributed by atoms with Crippen LogP contribution in [0.25, 0.3) is 0 Å². The zero-order valence-corrected chi connectivity index (χ0v) is 14.1. The molecule has 0 aliphatic rings. The van der Waals surface area contributed by atoms with Crippen LogP contribution in [0.1, 0.15) is 26.8 Å². The fourth-order valence-corrected chi connectivity index (χ4v) is 2.85. The lowest BCUT2D eigenvalue weighted by Crippen LogP contribution is -2.11. The lowest BCUT2D eigenvalue weighted by Gasteiger charge is -1.99. The van der Waals surface area contributed by atoms with Gasteiger partial charge in [-0.05, 0) is 42.4 Å². The van der Waals surface area contributed by atoms with E-state index in [1.807, 2.05) is 30.5 Å². The standard InChI is InChI=1S/C14H13N5O2S2/c1-8-12(23-19-16-8)13(20)15-14-18-17-11(21-14)7-9-3-5-10(22-2)6-4-9/h3-6H,7H2,1-2H3,(H,15,18,20). The van der Waals surface area contributed by atoms with Crippen LogP contribution in [0.15, 0.2) is 33.6 Å². The van der Waals surface area contributed by atoms with Crippen molar-refractivity contribution in [1.29, 1.82) is 0 Å². The van der Waals surface area contributed by atoms with E-state index in [0.717, 1.165) is 17.1 Å². The number of anilines is 1. The van der Waals surface area contributed by atoms with Gasteiger partial charge in [-0.1, -0.05) is 21.7 Å². The van der Waals surface area contributed by atoms with Crippen molar-refractivity contribution in [2.24, 2.45) is 0 Å². The molecule has 0 aliphatic carbocycles. The smallest absolute Gasteiger partial charge is 0.322 e. The molecule has 0 spiro atoms. The highest BCUT2D eigenvalue weighted by Crippen LogP contribution is 2.18. The van der Waals surface area contributed by atoms with Crippen molar-refractivity contribution in [3.8, 4) is 0 Å². The number of hydrogen-bond acceptors (Lipinski definition) is 8. The summed E-state index contributed by atoms with van der Waals surface area (Å²) in [6, 6.07) is 8.18. The quantitative estimate of drug-likeness (QED) is 0.709. The number of carbonyl (C=O) groups is 1. The molecule has 23 heavy (non-hydrogen) atoms. The Morgan fingerprint density at radius 3 is 2.70 bits per heavy atom. The van der Waals surface area contributed by atoms with E-state index < -0.39 is 0 Å². The normalized spacial score (nSPS) is 10.7. The number of nitrogens with zero attached hydrogens (tertiary/aromatic N) is 4. The molecule has 3 rings (SSSR count). The minimum Gasteiger partial charge on any atom is -0.407 e. The van der Waals surface area contributed by atoms with Gasteiger partial charge in [-0.2, -0.15) is 0 Å². The topological polar surface area (TPSA) is 93.8 Å². The number of thioether (sulfide) groups is 1. The molecule has 118 valence electrons. The molecule has 7 nitrogen and oxygen atoms in total. The van der Waals surface area contributed by atoms with Crippen LogP contribution in [0.3, 0.4) is 0 Å². The number of nitrogens with one attached hydrogen (secondary N) is 1. The Bertz CT molecular complexity index is 813. The maximum Gasteiger partial charge on any atom is 0.322 e. The molecule has 0 unspecified atom stereocenters. The number of benzene rings is 1. The van der Waals surface area contributed by atoms with E-state index in [0.29, 0.717) is 22.9 Å². The first-order chi connectivity index (χ1) is 11.2. The zero-order valence-electron chi connectivity index (χ0n) is 12.4. The minimum absolute atomic E-state index is 0.0681. The van der Waals surface area contributed by atoms with Gasteiger partial charge in [-0.3, -0.25) is 10.1 Å². The van der Waals surface area contributed by atoms with E-state index in [1.54, 1.807) is 18.7 Å². The molecule has 0 fully saturated rings. The Kier molecular flexibility index (Phi) is 4.68. The monoisotopic (exact) mass is 347 g/mol. The van der Waals surface area contributed by atoms with E-state index in [9.17, 15) is 4.79 Å². The number of amides is 1. The largest absolute Gasteiger partial charge is 0.407 e. The van der Waals surface area contributed by atoms with Crippen LogP contribution in [0.4, 0.5) is 6.01 Å². The number of hydrogen-bond donors (Lipinski definition) is 1. The van der Waals surface area contributed by atoms with E-state index in [1.165, 1.54) is 4.90 Å². The van der Waals surface area contributed by atoms with Crippen molar-refractivity contribution >= 4 is 35.2 Å². The number of rotatable bonds is 5. The van der Waals surface area contributed by atoms with Gasteiger partial charge in [-0.25, -0.2) is 0 Å². The van der Waals surface area contributed by atoms with Gasteiger partial charge in [0, 0.05) is 4.90 Å². The first kappa shape index (κ1) is 15.6. The molecule has 0 saturated heterocycles. The zero-order chi connectivity index (χ0) is 16.2. The molecule has 2 heterocycles. The van der Waals surface area contributed by atoms with E-state index in [4.69, 9.17) is 4.42 Å². The molecule has 1 amide bonds. The average Bonchev–Trinajstić information content (AvgIpc) is 3.17. The molecule has 0 atom stereocenters. The molecular weight excluding hydrogens is 334 g/mol. The van der Waals surface area contributed by atoms with Crippen LogP contribution in [0.2, 0.25) is 0 Å². The maximum atomic E-state index is 12.0. The fourth-order valence-electron chi connectivity index (χ4n) is 1.89. The number of aromatic nitrogens is 4. The third-order valence-corrected chi connectivity index (χ3v) is 4.63. The van der Waals surface area contributed by atoms with Crippen molar-refractivity contribution in [2.45, 2.75) is 18.2 Å². The van der Waals surface area contributed by atoms with E-state index in [2.05, 4.69) is 25.1 Å². The Morgan fingerprint density at radius 1 is 1.26 bits per heavy atom. The second kappa shape index (κ2) is 6.88. The highest BCUT2D eigenvalue weighted by Gasteiger charge is 2.16. The molecule has 0 radical (unpaired) electrons. The van der Waals surface area contributed by atoms with Crippen molar-refractivity contribution in [3.63, 3.8) is 0 Å². The maximum absolute atomic E-state index is 12.0. The number of carbonyl (C=O) groups excluding carboxylic acids is 1. The van der Waals surface area contributed by atoms with Gasteiger partial charge in [0.25, 0.3) is 5.91 Å². The minimum atomic E-state index is -0.350. The molecule has 3 aromatic rings. The molecule has 1 N–H and O–H groups in total. The summed E-state index contributed by atoms with van der Waals surface area (Å²) in [7, 11) is 0. The van der Waals surface area contributed by atoms with Crippen LogP contribution < -0.4 is 5.32 Å². The van der Waals surface area contributed by atoms with Crippen LogP contribution >= 0.6 is 23.3 Å². The Hall–Kier alpha value is -2.26. The fraction of sp³-hybridized carbons (Fsp3) is 0.214. The van der Waals surface area contributed by atoms with Gasteiger partial charge in [-0.15, -0.1) is 22.0 Å². The van der Waals surface area contributed by atoms with Crippen LogP contribution in [-0.2, 0) is 6.42 Å². The summed E-state index contributed by atoms with van der Waals surface area (Å²) in [5.74, 6) is 0.0911. The summed E-state index contributed by atoms with van der Waals surface area (Å²) in [5, 5.41) is 14.1. The molecular formula is C14H13N5O2S2. The summed E-state index contributed by atoms with van der Waals surface area (Å²) in [5.41, 5.74) is 1.63. The van der Waals surface area contributed by atoms with Crippen molar-refractivity contribution in [1.82, 2.24) is 19.8 Å². The van der Waals surface area contributed by atoms with Crippen molar-refractivity contribution < 1.29 is 9.21 Å². The van der Waals surface area contributed by atoms with Crippen LogP contribution in [0.5, 0.6) is 0 Å². The predicted octanol–water partition coefficient (Wildman–Crippen LogP) is 2.79. The number of aryl methyl sites for hydroxylation is 1. The molecule has 1 aromatic carbocycles. The van der Waals surface area contributed by atoms with Gasteiger partial charge in [0.15, 0.2) is 0 Å². The predicted molar refractivity (Wildman–Crippen MR) is 87.9 cm³/mol. The van der Waals surface area contributed by atoms with E-state index in [-0.39, 0.29) is 11.9 Å². The van der Waals surface area contributed by atoms with Crippen molar-refractivity contribution in [2.75, 3.05) is 11.6 Å². The molecule has 0 aliphatic heterocycles. The van der Waals surface area contributed by atoms with Gasteiger partial charge in [0.1, 0.15) is 4.88 Å². The highest BCUT2D eigenvalue weighted by atomic mass is 32.2. The van der Waals surface area contributed by atoms with Crippen molar-refractivity contribution in [3.05, 3.63) is 46.3 Å². The summed E-state index contributed by atoms with van der Waals surface area (Å²) in [6.45, 7) is 1.72. The first-order valence-electron chi connectivity index (χ1n) is 6.71. The Labute approximate surface area is 140 Å². The lowest BCUT2D eigenvalue weighted by molar-refractivity contribution is 0.102. The van der Waals surface area contributed by atoms with Crippen LogP contribution in [0, 0.1) is 6.92 Å². The second-order valence-corrected chi connectivity index (χ2v) is 6.30. The van der Waals surface area contributed by atoms with E-state index >= 15 is 0 Å². The summed E-state index contributed by atoms with van der Waals surface area (Å²) in [6.07, 6.45) is 2.54. The molecule has 0 saturated carbocycles. The third kappa shape index (κ3) is 3.74. The lowest BCUT2D eigenvalue weighted by atomic mass is 10.1.